The average molecular weight is 501 g/mol. The molecule has 192 valence electrons. The molecule has 0 heterocycles. The Balaban J connectivity index is 1.06. The Hall–Kier alpha value is -4.00. The van der Waals surface area contributed by atoms with Crippen LogP contribution in [0.15, 0.2) is 97.1 Å². The fourth-order valence-electron chi connectivity index (χ4n) is 3.72. The van der Waals surface area contributed by atoms with Crippen molar-refractivity contribution in [2.24, 2.45) is 0 Å². The van der Waals surface area contributed by atoms with Crippen molar-refractivity contribution >= 4 is 0 Å². The number of hydrogen-bond acceptors (Lipinski definition) is 6. The molecule has 0 spiro atoms. The summed E-state index contributed by atoms with van der Waals surface area (Å²) in [6, 6.07) is 29.9. The van der Waals surface area contributed by atoms with Crippen molar-refractivity contribution in [3.8, 4) is 45.3 Å². The van der Waals surface area contributed by atoms with Crippen LogP contribution >= 0.6 is 0 Å². The van der Waals surface area contributed by atoms with Crippen molar-refractivity contribution in [3.05, 3.63) is 97.1 Å². The van der Waals surface area contributed by atoms with E-state index in [1.54, 1.807) is 24.3 Å². The molecule has 1 unspecified atom stereocenters. The van der Waals surface area contributed by atoms with Crippen molar-refractivity contribution < 1.29 is 29.2 Å². The van der Waals surface area contributed by atoms with Gasteiger partial charge in [0.1, 0.15) is 36.2 Å². The minimum Gasteiger partial charge on any atom is -0.508 e. The van der Waals surface area contributed by atoms with Crippen LogP contribution in [0.3, 0.4) is 0 Å². The van der Waals surface area contributed by atoms with Crippen LogP contribution in [0.5, 0.6) is 23.0 Å². The minimum absolute atomic E-state index is 0.0509. The van der Waals surface area contributed by atoms with Crippen molar-refractivity contribution in [1.29, 1.82) is 0 Å². The number of phenolic OH excluding ortho intramolecular Hbond substituents is 2. The number of hydrogen-bond donors (Lipinski definition) is 2. The molecule has 1 atom stereocenters. The topological polar surface area (TPSA) is 77.4 Å². The number of aromatic hydroxyl groups is 2. The number of rotatable bonds is 13. The van der Waals surface area contributed by atoms with E-state index in [9.17, 15) is 10.2 Å². The Morgan fingerprint density at radius 1 is 0.514 bits per heavy atom. The molecule has 0 fully saturated rings. The van der Waals surface area contributed by atoms with Gasteiger partial charge in [0, 0.05) is 0 Å². The Morgan fingerprint density at radius 3 is 1.32 bits per heavy atom. The van der Waals surface area contributed by atoms with Gasteiger partial charge in [0.2, 0.25) is 0 Å². The zero-order chi connectivity index (χ0) is 25.9. The molecule has 4 rings (SSSR count). The molecule has 0 aliphatic carbocycles. The molecule has 2 N–H and O–H groups in total. The van der Waals surface area contributed by atoms with E-state index in [-0.39, 0.29) is 17.6 Å². The summed E-state index contributed by atoms with van der Waals surface area (Å²) in [6.07, 6.45) is -0.0509. The third kappa shape index (κ3) is 8.27. The Bertz CT molecular complexity index is 1200. The molecule has 37 heavy (non-hydrogen) atoms. The minimum atomic E-state index is -0.0509. The molecule has 0 aliphatic heterocycles. The zero-order valence-electron chi connectivity index (χ0n) is 20.9. The van der Waals surface area contributed by atoms with Gasteiger partial charge < -0.3 is 29.2 Å². The summed E-state index contributed by atoms with van der Waals surface area (Å²) >= 11 is 0. The summed E-state index contributed by atoms with van der Waals surface area (Å²) in [5.74, 6) is 2.07. The maximum Gasteiger partial charge on any atom is 0.119 e. The quantitative estimate of drug-likeness (QED) is 0.210. The number of ether oxygens (including phenoxy) is 4. The lowest BCUT2D eigenvalue weighted by Gasteiger charge is -2.14. The normalized spacial score (nSPS) is 11.7. The monoisotopic (exact) mass is 500 g/mol. The molecule has 0 aromatic heterocycles. The van der Waals surface area contributed by atoms with Crippen LogP contribution in [-0.4, -0.2) is 49.4 Å². The summed E-state index contributed by atoms with van der Waals surface area (Å²) in [4.78, 5) is 0. The second-order valence-electron chi connectivity index (χ2n) is 8.60. The summed E-state index contributed by atoms with van der Waals surface area (Å²) in [5, 5.41) is 18.8. The third-order valence-corrected chi connectivity index (χ3v) is 5.71. The molecule has 0 saturated carbocycles. The van der Waals surface area contributed by atoms with Gasteiger partial charge >= 0.3 is 0 Å². The van der Waals surface area contributed by atoms with Crippen LogP contribution in [0.4, 0.5) is 0 Å². The van der Waals surface area contributed by atoms with Gasteiger partial charge in [-0.15, -0.1) is 0 Å². The molecule has 0 saturated heterocycles. The van der Waals surface area contributed by atoms with Gasteiger partial charge in [0.05, 0.1) is 25.9 Å². The van der Waals surface area contributed by atoms with Crippen LogP contribution in [0.1, 0.15) is 6.92 Å². The van der Waals surface area contributed by atoms with E-state index in [0.29, 0.717) is 33.0 Å². The van der Waals surface area contributed by atoms with Gasteiger partial charge in [-0.1, -0.05) is 48.5 Å². The van der Waals surface area contributed by atoms with Crippen molar-refractivity contribution in [2.75, 3.05) is 33.0 Å². The van der Waals surface area contributed by atoms with Crippen LogP contribution in [0.2, 0.25) is 0 Å². The maximum atomic E-state index is 9.42. The van der Waals surface area contributed by atoms with E-state index in [2.05, 4.69) is 0 Å². The van der Waals surface area contributed by atoms with Crippen molar-refractivity contribution in [3.63, 3.8) is 0 Å². The summed E-state index contributed by atoms with van der Waals surface area (Å²) in [5.41, 5.74) is 4.19. The molecule has 0 aliphatic rings. The highest BCUT2D eigenvalue weighted by Gasteiger charge is 2.04. The second kappa shape index (κ2) is 13.3. The standard InChI is InChI=1S/C31H32O6/c1-23(35-20-21-37-31-16-8-27(9-17-31)25-4-12-29(33)13-5-25)22-34-18-19-36-30-14-6-26(7-15-30)24-2-10-28(32)11-3-24/h2-17,23,32-33H,18-22H2,1H3. The van der Waals surface area contributed by atoms with Gasteiger partial charge in [0.25, 0.3) is 0 Å². The number of phenols is 2. The molecule has 0 amide bonds. The molecule has 4 aromatic rings. The van der Waals surface area contributed by atoms with Gasteiger partial charge in [0.15, 0.2) is 0 Å². The number of benzene rings is 4. The first-order chi connectivity index (χ1) is 18.1. The highest BCUT2D eigenvalue weighted by atomic mass is 16.6. The summed E-state index contributed by atoms with van der Waals surface area (Å²) < 4.78 is 22.9. The lowest BCUT2D eigenvalue weighted by molar-refractivity contribution is -0.0207. The molecule has 0 bridgehead atoms. The molecule has 0 radical (unpaired) electrons. The predicted octanol–water partition coefficient (Wildman–Crippen LogP) is 6.31. The van der Waals surface area contributed by atoms with E-state index in [1.807, 2.05) is 79.7 Å². The molecule has 4 aromatic carbocycles. The first-order valence-corrected chi connectivity index (χ1v) is 12.3. The maximum absolute atomic E-state index is 9.42. The van der Waals surface area contributed by atoms with Gasteiger partial charge in [-0.3, -0.25) is 0 Å². The summed E-state index contributed by atoms with van der Waals surface area (Å²) in [7, 11) is 0. The van der Waals surface area contributed by atoms with E-state index in [0.717, 1.165) is 33.8 Å². The van der Waals surface area contributed by atoms with Crippen molar-refractivity contribution in [2.45, 2.75) is 13.0 Å². The van der Waals surface area contributed by atoms with E-state index < -0.39 is 0 Å². The van der Waals surface area contributed by atoms with Crippen LogP contribution in [0.25, 0.3) is 22.3 Å². The average Bonchev–Trinajstić information content (AvgIpc) is 2.93. The van der Waals surface area contributed by atoms with Gasteiger partial charge in [-0.25, -0.2) is 0 Å². The fraction of sp³-hybridized carbons (Fsp3) is 0.226. The second-order valence-corrected chi connectivity index (χ2v) is 8.60. The van der Waals surface area contributed by atoms with Crippen molar-refractivity contribution in [1.82, 2.24) is 0 Å². The largest absolute Gasteiger partial charge is 0.508 e. The van der Waals surface area contributed by atoms with Crippen LogP contribution < -0.4 is 9.47 Å². The smallest absolute Gasteiger partial charge is 0.119 e. The van der Waals surface area contributed by atoms with E-state index >= 15 is 0 Å². The fourth-order valence-corrected chi connectivity index (χ4v) is 3.72. The van der Waals surface area contributed by atoms with Gasteiger partial charge in [-0.2, -0.15) is 0 Å². The Morgan fingerprint density at radius 2 is 0.892 bits per heavy atom. The Labute approximate surface area is 217 Å². The first-order valence-electron chi connectivity index (χ1n) is 12.3. The van der Waals surface area contributed by atoms with Gasteiger partial charge in [-0.05, 0) is 77.7 Å². The third-order valence-electron chi connectivity index (χ3n) is 5.71. The van der Waals surface area contributed by atoms with Crippen LogP contribution in [0, 0.1) is 0 Å². The molecule has 6 nitrogen and oxygen atoms in total. The van der Waals surface area contributed by atoms with E-state index in [1.165, 1.54) is 0 Å². The predicted molar refractivity (Wildman–Crippen MR) is 144 cm³/mol. The highest BCUT2D eigenvalue weighted by Crippen LogP contribution is 2.25. The highest BCUT2D eigenvalue weighted by molar-refractivity contribution is 5.65. The van der Waals surface area contributed by atoms with E-state index in [4.69, 9.17) is 18.9 Å². The Kier molecular flexibility index (Phi) is 9.41. The first kappa shape index (κ1) is 26.1. The van der Waals surface area contributed by atoms with Crippen LogP contribution in [-0.2, 0) is 9.47 Å². The zero-order valence-corrected chi connectivity index (χ0v) is 20.9. The molecular formula is C31H32O6. The lowest BCUT2D eigenvalue weighted by atomic mass is 10.1. The SMILES string of the molecule is CC(COCCOc1ccc(-c2ccc(O)cc2)cc1)OCCOc1ccc(-c2ccc(O)cc2)cc1. The summed E-state index contributed by atoms with van der Waals surface area (Å²) in [6.45, 7) is 4.28. The molecular weight excluding hydrogens is 468 g/mol. The molecule has 6 heteroatoms. The lowest BCUT2D eigenvalue weighted by Crippen LogP contribution is -2.21.